The first kappa shape index (κ1) is 20.2. The van der Waals surface area contributed by atoms with Crippen LogP contribution in [0.4, 0.5) is 22.0 Å². The van der Waals surface area contributed by atoms with Crippen LogP contribution in [-0.2, 0) is 11.3 Å². The molecule has 1 heterocycles. The van der Waals surface area contributed by atoms with Crippen molar-refractivity contribution in [1.82, 2.24) is 10.6 Å². The molecule has 0 aromatic heterocycles. The van der Waals surface area contributed by atoms with Crippen molar-refractivity contribution in [3.63, 3.8) is 0 Å². The molecule has 0 radical (unpaired) electrons. The Balaban J connectivity index is 2.04. The summed E-state index contributed by atoms with van der Waals surface area (Å²) in [5, 5.41) is 5.64. The van der Waals surface area contributed by atoms with Crippen molar-refractivity contribution in [1.29, 1.82) is 0 Å². The predicted octanol–water partition coefficient (Wildman–Crippen LogP) is 2.48. The molecule has 1 aromatic rings. The number of hydrogen-bond acceptors (Lipinski definition) is 4. The number of benzene rings is 1. The monoisotopic (exact) mass is 382 g/mol. The fourth-order valence-electron chi connectivity index (χ4n) is 2.47. The average Bonchev–Trinajstić information content (AvgIpc) is 3.13. The number of carbonyl (C=O) groups excluding carboxylic acids is 1. The lowest BCUT2D eigenvalue weighted by atomic mass is 10.1. The van der Waals surface area contributed by atoms with Crippen LogP contribution in [0, 0.1) is 5.82 Å². The van der Waals surface area contributed by atoms with E-state index in [0.717, 1.165) is 25.1 Å². The quantitative estimate of drug-likeness (QED) is 0.679. The number of methoxy groups -OCH3 is 1. The molecule has 0 spiro atoms. The highest BCUT2D eigenvalue weighted by Gasteiger charge is 2.42. The number of alkyl halides is 4. The Labute approximate surface area is 146 Å². The molecule has 0 bridgehead atoms. The third kappa shape index (κ3) is 4.96. The second-order valence-electron chi connectivity index (χ2n) is 5.81. The molecule has 1 aromatic carbocycles. The largest absolute Gasteiger partial charge is 0.496 e. The van der Waals surface area contributed by atoms with E-state index < -0.39 is 30.5 Å². The lowest BCUT2D eigenvalue weighted by molar-refractivity contribution is -0.148. The normalized spacial score (nSPS) is 17.4. The maximum absolute atomic E-state index is 14.0. The highest BCUT2D eigenvalue weighted by Crippen LogP contribution is 2.30. The van der Waals surface area contributed by atoms with Gasteiger partial charge in [0.2, 0.25) is 5.91 Å². The zero-order valence-electron chi connectivity index (χ0n) is 14.0. The van der Waals surface area contributed by atoms with Gasteiger partial charge in [0.1, 0.15) is 5.75 Å². The Hall–Kier alpha value is -2.10. The van der Waals surface area contributed by atoms with Gasteiger partial charge in [-0.05, 0) is 25.5 Å². The Kier molecular flexibility index (Phi) is 6.63. The zero-order valence-corrected chi connectivity index (χ0v) is 14.0. The predicted molar refractivity (Wildman–Crippen MR) is 82.3 cm³/mol. The number of amides is 1. The van der Waals surface area contributed by atoms with E-state index >= 15 is 0 Å². The molecule has 1 fully saturated rings. The van der Waals surface area contributed by atoms with E-state index in [1.165, 1.54) is 7.11 Å². The van der Waals surface area contributed by atoms with Gasteiger partial charge in [-0.15, -0.1) is 0 Å². The maximum Gasteiger partial charge on any atom is 0.340 e. The molecular weight excluding hydrogens is 363 g/mol. The molecule has 1 aliphatic rings. The summed E-state index contributed by atoms with van der Waals surface area (Å²) >= 11 is 0. The van der Waals surface area contributed by atoms with Crippen LogP contribution in [0.5, 0.6) is 11.5 Å². The van der Waals surface area contributed by atoms with Crippen molar-refractivity contribution in [3.05, 3.63) is 23.5 Å². The molecule has 1 amide bonds. The van der Waals surface area contributed by atoms with Gasteiger partial charge in [0.05, 0.1) is 13.2 Å². The van der Waals surface area contributed by atoms with Gasteiger partial charge in [0, 0.05) is 18.2 Å². The molecule has 0 aliphatic carbocycles. The molecule has 0 saturated carbocycles. The van der Waals surface area contributed by atoms with Crippen LogP contribution in [-0.4, -0.2) is 44.6 Å². The molecule has 2 rings (SSSR count). The van der Waals surface area contributed by atoms with Crippen LogP contribution in [0.15, 0.2) is 12.1 Å². The fraction of sp³-hybridized carbons (Fsp3) is 0.562. The second-order valence-corrected chi connectivity index (χ2v) is 5.81. The molecule has 26 heavy (non-hydrogen) atoms. The summed E-state index contributed by atoms with van der Waals surface area (Å²) in [7, 11) is 1.26. The SMILES string of the molecule is COc1cc(OCC(F)(F)C(F)F)c(F)cc1CNC(=O)[C@@H]1CCCN1. The molecule has 2 N–H and O–H groups in total. The van der Waals surface area contributed by atoms with Crippen molar-refractivity contribution in [2.75, 3.05) is 20.3 Å². The third-order valence-electron chi connectivity index (χ3n) is 3.90. The summed E-state index contributed by atoms with van der Waals surface area (Å²) in [6.07, 6.45) is -2.35. The molecule has 5 nitrogen and oxygen atoms in total. The minimum Gasteiger partial charge on any atom is -0.496 e. The molecule has 1 saturated heterocycles. The van der Waals surface area contributed by atoms with Gasteiger partial charge in [-0.1, -0.05) is 0 Å². The highest BCUT2D eigenvalue weighted by atomic mass is 19.3. The van der Waals surface area contributed by atoms with Crippen molar-refractivity contribution >= 4 is 5.91 Å². The first-order chi connectivity index (χ1) is 12.2. The summed E-state index contributed by atoms with van der Waals surface area (Å²) in [4.78, 5) is 12.0. The van der Waals surface area contributed by atoms with Crippen LogP contribution in [0.2, 0.25) is 0 Å². The smallest absolute Gasteiger partial charge is 0.340 e. The first-order valence-electron chi connectivity index (χ1n) is 7.91. The van der Waals surface area contributed by atoms with Crippen LogP contribution in [0.1, 0.15) is 18.4 Å². The van der Waals surface area contributed by atoms with Crippen LogP contribution in [0.25, 0.3) is 0 Å². The zero-order chi connectivity index (χ0) is 19.3. The Morgan fingerprint density at radius 2 is 2.12 bits per heavy atom. The summed E-state index contributed by atoms with van der Waals surface area (Å²) in [5.74, 6) is -6.25. The van der Waals surface area contributed by atoms with Crippen LogP contribution >= 0.6 is 0 Å². The molecule has 1 aliphatic heterocycles. The lowest BCUT2D eigenvalue weighted by Gasteiger charge is -2.18. The minimum absolute atomic E-state index is 0.0510. The van der Waals surface area contributed by atoms with E-state index in [0.29, 0.717) is 6.42 Å². The van der Waals surface area contributed by atoms with Crippen molar-refractivity contribution in [3.8, 4) is 11.5 Å². The number of hydrogen-bond donors (Lipinski definition) is 2. The summed E-state index contributed by atoms with van der Waals surface area (Å²) < 4.78 is 73.6. The van der Waals surface area contributed by atoms with Crippen molar-refractivity contribution < 1.29 is 36.2 Å². The van der Waals surface area contributed by atoms with Gasteiger partial charge >= 0.3 is 12.3 Å². The van der Waals surface area contributed by atoms with Crippen molar-refractivity contribution in [2.24, 2.45) is 0 Å². The molecule has 0 unspecified atom stereocenters. The minimum atomic E-state index is -4.40. The van der Waals surface area contributed by atoms with E-state index in [2.05, 4.69) is 15.4 Å². The molecule has 1 atom stereocenters. The van der Waals surface area contributed by atoms with Gasteiger partial charge in [0.15, 0.2) is 18.2 Å². The van der Waals surface area contributed by atoms with E-state index in [1.807, 2.05) is 0 Å². The van der Waals surface area contributed by atoms with Crippen LogP contribution in [0.3, 0.4) is 0 Å². The van der Waals surface area contributed by atoms with Crippen molar-refractivity contribution in [2.45, 2.75) is 37.8 Å². The van der Waals surface area contributed by atoms with E-state index in [9.17, 15) is 26.7 Å². The first-order valence-corrected chi connectivity index (χ1v) is 7.91. The Morgan fingerprint density at radius 1 is 1.38 bits per heavy atom. The average molecular weight is 382 g/mol. The van der Waals surface area contributed by atoms with Gasteiger partial charge in [-0.3, -0.25) is 4.79 Å². The number of ether oxygens (including phenoxy) is 2. The lowest BCUT2D eigenvalue weighted by Crippen LogP contribution is -2.40. The number of nitrogens with one attached hydrogen (secondary N) is 2. The summed E-state index contributed by atoms with van der Waals surface area (Å²) in [6.45, 7) is -0.982. The topological polar surface area (TPSA) is 59.6 Å². The highest BCUT2D eigenvalue weighted by molar-refractivity contribution is 5.82. The standard InChI is InChI=1S/C16H19F5N2O3/c1-25-12-6-13(26-8-16(20,21)15(18)19)10(17)5-9(12)7-23-14(24)11-3-2-4-22-11/h5-6,11,15,22H,2-4,7-8H2,1H3,(H,23,24)/t11-/m0/s1. The molecule has 10 heteroatoms. The Bertz CT molecular complexity index is 637. The van der Waals surface area contributed by atoms with E-state index in [4.69, 9.17) is 4.74 Å². The van der Waals surface area contributed by atoms with Gasteiger partial charge < -0.3 is 20.1 Å². The summed E-state index contributed by atoms with van der Waals surface area (Å²) in [6, 6.07) is 1.61. The van der Waals surface area contributed by atoms with E-state index in [1.54, 1.807) is 0 Å². The second kappa shape index (κ2) is 8.52. The van der Waals surface area contributed by atoms with Gasteiger partial charge in [0.25, 0.3) is 0 Å². The van der Waals surface area contributed by atoms with Gasteiger partial charge in [-0.2, -0.15) is 8.78 Å². The number of halogens is 5. The summed E-state index contributed by atoms with van der Waals surface area (Å²) in [5.41, 5.74) is 0.254. The molecular formula is C16H19F5N2O3. The van der Waals surface area contributed by atoms with Crippen LogP contribution < -0.4 is 20.1 Å². The third-order valence-corrected chi connectivity index (χ3v) is 3.90. The Morgan fingerprint density at radius 3 is 2.69 bits per heavy atom. The van der Waals surface area contributed by atoms with Gasteiger partial charge in [-0.25, -0.2) is 13.2 Å². The molecule has 146 valence electrons. The number of rotatable bonds is 8. The maximum atomic E-state index is 14.0. The fourth-order valence-corrected chi connectivity index (χ4v) is 2.47. The van der Waals surface area contributed by atoms with E-state index in [-0.39, 0.29) is 29.8 Å². The number of carbonyl (C=O) groups is 1.